The van der Waals surface area contributed by atoms with Crippen molar-refractivity contribution in [3.63, 3.8) is 0 Å². The molecular weight excluding hydrogens is 222 g/mol. The molecule has 102 valence electrons. The molecule has 0 amide bonds. The van der Waals surface area contributed by atoms with E-state index in [1.807, 2.05) is 6.20 Å². The third-order valence-electron chi connectivity index (χ3n) is 4.16. The number of hydrogen-bond donors (Lipinski definition) is 1. The molecule has 1 saturated carbocycles. The topological polar surface area (TPSA) is 29.9 Å². The molecule has 0 aliphatic heterocycles. The summed E-state index contributed by atoms with van der Waals surface area (Å²) in [4.78, 5) is 0. The Morgan fingerprint density at radius 2 is 2.17 bits per heavy atom. The molecule has 1 aromatic heterocycles. The van der Waals surface area contributed by atoms with Crippen molar-refractivity contribution in [3.05, 3.63) is 18.0 Å². The molecular formula is C15H27N3. The molecule has 3 heteroatoms. The number of rotatable bonds is 7. The van der Waals surface area contributed by atoms with Gasteiger partial charge in [0.25, 0.3) is 0 Å². The molecule has 0 saturated heterocycles. The van der Waals surface area contributed by atoms with Gasteiger partial charge >= 0.3 is 0 Å². The van der Waals surface area contributed by atoms with Crippen LogP contribution in [0.1, 0.15) is 64.0 Å². The van der Waals surface area contributed by atoms with Gasteiger partial charge in [-0.25, -0.2) is 0 Å². The molecule has 2 rings (SSSR count). The van der Waals surface area contributed by atoms with Gasteiger partial charge in [-0.15, -0.1) is 0 Å². The maximum atomic E-state index is 4.50. The molecule has 1 N–H and O–H groups in total. The molecule has 1 aliphatic carbocycles. The van der Waals surface area contributed by atoms with Crippen LogP contribution >= 0.6 is 0 Å². The quantitative estimate of drug-likeness (QED) is 0.801. The van der Waals surface area contributed by atoms with E-state index in [1.54, 1.807) is 0 Å². The highest BCUT2D eigenvalue weighted by molar-refractivity contribution is 5.10. The first-order valence-corrected chi connectivity index (χ1v) is 7.59. The van der Waals surface area contributed by atoms with Crippen LogP contribution in [0.3, 0.4) is 0 Å². The fraction of sp³-hybridized carbons (Fsp3) is 0.800. The summed E-state index contributed by atoms with van der Waals surface area (Å²) in [6.07, 6.45) is 12.4. The first-order valence-electron chi connectivity index (χ1n) is 7.59. The Bertz CT molecular complexity index is 339. The van der Waals surface area contributed by atoms with Gasteiger partial charge in [-0.1, -0.05) is 39.5 Å². The molecule has 0 aromatic carbocycles. The zero-order chi connectivity index (χ0) is 12.8. The lowest BCUT2D eigenvalue weighted by Gasteiger charge is -2.13. The minimum absolute atomic E-state index is 0.468. The predicted molar refractivity (Wildman–Crippen MR) is 75.5 cm³/mol. The average molecular weight is 249 g/mol. The minimum atomic E-state index is 0.468. The van der Waals surface area contributed by atoms with Crippen LogP contribution in [0.4, 0.5) is 0 Å². The van der Waals surface area contributed by atoms with Crippen molar-refractivity contribution in [1.82, 2.24) is 15.1 Å². The Labute approximate surface area is 111 Å². The summed E-state index contributed by atoms with van der Waals surface area (Å²) in [6, 6.07) is 0.468. The van der Waals surface area contributed by atoms with Crippen LogP contribution in [0.5, 0.6) is 0 Å². The van der Waals surface area contributed by atoms with Gasteiger partial charge in [0.1, 0.15) is 0 Å². The molecule has 1 aliphatic rings. The van der Waals surface area contributed by atoms with Crippen molar-refractivity contribution in [1.29, 1.82) is 0 Å². The van der Waals surface area contributed by atoms with Crippen molar-refractivity contribution in [3.8, 4) is 0 Å². The fourth-order valence-electron chi connectivity index (χ4n) is 3.04. The molecule has 1 unspecified atom stereocenters. The summed E-state index contributed by atoms with van der Waals surface area (Å²) in [6.45, 7) is 6.50. The second kappa shape index (κ2) is 6.93. The Morgan fingerprint density at radius 1 is 1.39 bits per heavy atom. The number of nitrogens with one attached hydrogen (secondary N) is 1. The number of hydrogen-bond acceptors (Lipinski definition) is 2. The van der Waals surface area contributed by atoms with Crippen LogP contribution in [0.15, 0.2) is 12.4 Å². The highest BCUT2D eigenvalue weighted by Crippen LogP contribution is 2.27. The van der Waals surface area contributed by atoms with E-state index in [4.69, 9.17) is 0 Å². The predicted octanol–water partition coefficient (Wildman–Crippen LogP) is 3.52. The van der Waals surface area contributed by atoms with Crippen LogP contribution in [-0.2, 0) is 6.54 Å². The van der Waals surface area contributed by atoms with Crippen LogP contribution < -0.4 is 5.32 Å². The lowest BCUT2D eigenvalue weighted by atomic mass is 10.0. The van der Waals surface area contributed by atoms with Crippen LogP contribution in [-0.4, -0.2) is 16.3 Å². The van der Waals surface area contributed by atoms with E-state index in [9.17, 15) is 0 Å². The zero-order valence-electron chi connectivity index (χ0n) is 11.9. The summed E-state index contributed by atoms with van der Waals surface area (Å²) in [5.74, 6) is 0.952. The minimum Gasteiger partial charge on any atom is -0.310 e. The largest absolute Gasteiger partial charge is 0.310 e. The van der Waals surface area contributed by atoms with E-state index < -0.39 is 0 Å². The fourth-order valence-corrected chi connectivity index (χ4v) is 3.04. The Kier molecular flexibility index (Phi) is 5.24. The summed E-state index contributed by atoms with van der Waals surface area (Å²) in [5.41, 5.74) is 1.34. The first-order chi connectivity index (χ1) is 8.83. The highest BCUT2D eigenvalue weighted by atomic mass is 15.3. The third kappa shape index (κ3) is 3.58. The molecule has 1 aromatic rings. The molecule has 1 heterocycles. The van der Waals surface area contributed by atoms with Gasteiger partial charge in [0.05, 0.1) is 6.20 Å². The zero-order valence-corrected chi connectivity index (χ0v) is 11.9. The smallest absolute Gasteiger partial charge is 0.0537 e. The summed E-state index contributed by atoms with van der Waals surface area (Å²) >= 11 is 0. The average Bonchev–Trinajstić information content (AvgIpc) is 3.04. The first kappa shape index (κ1) is 13.6. The summed E-state index contributed by atoms with van der Waals surface area (Å²) in [7, 11) is 0. The Balaban J connectivity index is 1.84. The molecule has 0 bridgehead atoms. The maximum absolute atomic E-state index is 4.50. The van der Waals surface area contributed by atoms with E-state index in [1.165, 1.54) is 37.7 Å². The van der Waals surface area contributed by atoms with E-state index in [-0.39, 0.29) is 0 Å². The lowest BCUT2D eigenvalue weighted by Crippen LogP contribution is -2.19. The highest BCUT2D eigenvalue weighted by Gasteiger charge is 2.15. The summed E-state index contributed by atoms with van der Waals surface area (Å²) in [5, 5.41) is 8.01. The monoisotopic (exact) mass is 249 g/mol. The lowest BCUT2D eigenvalue weighted by molar-refractivity contribution is 0.439. The second-order valence-corrected chi connectivity index (χ2v) is 5.49. The maximum Gasteiger partial charge on any atom is 0.0537 e. The van der Waals surface area contributed by atoms with Gasteiger partial charge in [-0.3, -0.25) is 4.68 Å². The molecule has 1 fully saturated rings. The third-order valence-corrected chi connectivity index (χ3v) is 4.16. The van der Waals surface area contributed by atoms with Gasteiger partial charge in [-0.05, 0) is 25.3 Å². The summed E-state index contributed by atoms with van der Waals surface area (Å²) < 4.78 is 2.13. The van der Waals surface area contributed by atoms with Crippen molar-refractivity contribution >= 4 is 0 Å². The molecule has 1 atom stereocenters. The van der Waals surface area contributed by atoms with Gasteiger partial charge in [0.15, 0.2) is 0 Å². The van der Waals surface area contributed by atoms with Crippen LogP contribution in [0.2, 0.25) is 0 Å². The number of aromatic nitrogens is 2. The van der Waals surface area contributed by atoms with Crippen molar-refractivity contribution in [2.45, 2.75) is 65.0 Å². The van der Waals surface area contributed by atoms with E-state index in [0.29, 0.717) is 6.04 Å². The standard InChI is InChI=1S/C15H27N3/c1-3-15(16-4-2)14-11-17-18(12-14)10-9-13-7-5-6-8-13/h11-13,15-16H,3-10H2,1-2H3. The molecule has 0 spiro atoms. The second-order valence-electron chi connectivity index (χ2n) is 5.49. The van der Waals surface area contributed by atoms with Crippen LogP contribution in [0, 0.1) is 5.92 Å². The van der Waals surface area contributed by atoms with Crippen molar-refractivity contribution < 1.29 is 0 Å². The van der Waals surface area contributed by atoms with Crippen LogP contribution in [0.25, 0.3) is 0 Å². The van der Waals surface area contributed by atoms with E-state index >= 15 is 0 Å². The van der Waals surface area contributed by atoms with Gasteiger partial charge in [0, 0.05) is 24.3 Å². The number of aryl methyl sites for hydroxylation is 1. The normalized spacial score (nSPS) is 18.3. The Hall–Kier alpha value is -0.830. The number of nitrogens with zero attached hydrogens (tertiary/aromatic N) is 2. The van der Waals surface area contributed by atoms with Gasteiger partial charge in [-0.2, -0.15) is 5.10 Å². The van der Waals surface area contributed by atoms with E-state index in [0.717, 1.165) is 25.4 Å². The van der Waals surface area contributed by atoms with Gasteiger partial charge in [0.2, 0.25) is 0 Å². The molecule has 0 radical (unpaired) electrons. The van der Waals surface area contributed by atoms with Gasteiger partial charge < -0.3 is 5.32 Å². The molecule has 18 heavy (non-hydrogen) atoms. The SMILES string of the molecule is CCNC(CC)c1cnn(CCC2CCCC2)c1. The Morgan fingerprint density at radius 3 is 2.83 bits per heavy atom. The van der Waals surface area contributed by atoms with E-state index in [2.05, 4.69) is 35.1 Å². The van der Waals surface area contributed by atoms with Crippen molar-refractivity contribution in [2.24, 2.45) is 5.92 Å². The molecule has 3 nitrogen and oxygen atoms in total. The van der Waals surface area contributed by atoms with Crippen molar-refractivity contribution in [2.75, 3.05) is 6.54 Å².